The van der Waals surface area contributed by atoms with Gasteiger partial charge in [0, 0.05) is 18.7 Å². The molecule has 0 bridgehead atoms. The van der Waals surface area contributed by atoms with E-state index in [1.807, 2.05) is 41.3 Å². The Hall–Kier alpha value is -3.41. The summed E-state index contributed by atoms with van der Waals surface area (Å²) in [5.41, 5.74) is 3.00. The molecule has 0 radical (unpaired) electrons. The zero-order valence-electron chi connectivity index (χ0n) is 16.0. The summed E-state index contributed by atoms with van der Waals surface area (Å²) in [6.07, 6.45) is 5.97. The highest BCUT2D eigenvalue weighted by Gasteiger charge is 2.26. The minimum Gasteiger partial charge on any atom is -0.463 e. The Kier molecular flexibility index (Phi) is 4.60. The van der Waals surface area contributed by atoms with E-state index in [0.29, 0.717) is 33.8 Å². The molecule has 0 N–H and O–H groups in total. The van der Waals surface area contributed by atoms with E-state index in [2.05, 4.69) is 10.1 Å². The van der Waals surface area contributed by atoms with E-state index in [9.17, 15) is 4.79 Å². The number of nitrogens with zero attached hydrogens (tertiary/aromatic N) is 3. The van der Waals surface area contributed by atoms with Crippen LogP contribution in [0, 0.1) is 0 Å². The molecule has 1 aromatic carbocycles. The average molecular weight is 387 g/mol. The number of carbonyl (C=O) groups is 1. The van der Waals surface area contributed by atoms with Crippen LogP contribution >= 0.6 is 0 Å². The van der Waals surface area contributed by atoms with Crippen molar-refractivity contribution in [3.63, 3.8) is 0 Å². The number of pyridine rings is 1. The van der Waals surface area contributed by atoms with Gasteiger partial charge in [0.05, 0.1) is 17.2 Å². The zero-order valence-corrected chi connectivity index (χ0v) is 16.0. The van der Waals surface area contributed by atoms with Gasteiger partial charge in [0.25, 0.3) is 11.6 Å². The number of benzene rings is 1. The number of hydrogen-bond acceptors (Lipinski definition) is 5. The molecule has 1 aliphatic rings. The maximum Gasteiger partial charge on any atom is 0.259 e. The number of carbonyl (C=O) groups excluding carboxylic acids is 1. The molecule has 146 valence electrons. The molecule has 4 heterocycles. The van der Waals surface area contributed by atoms with Gasteiger partial charge >= 0.3 is 0 Å². The minimum atomic E-state index is -0.00696. The number of rotatable bonds is 3. The van der Waals surface area contributed by atoms with Crippen molar-refractivity contribution >= 4 is 17.0 Å². The summed E-state index contributed by atoms with van der Waals surface area (Å²) in [6, 6.07) is 15.2. The molecule has 5 rings (SSSR count). The minimum absolute atomic E-state index is 0.00696. The molecule has 3 aromatic heterocycles. The molecule has 0 atom stereocenters. The van der Waals surface area contributed by atoms with Crippen molar-refractivity contribution in [1.82, 2.24) is 15.0 Å². The number of hydrogen-bond donors (Lipinski definition) is 0. The highest BCUT2D eigenvalue weighted by atomic mass is 16.5. The number of aromatic nitrogens is 2. The summed E-state index contributed by atoms with van der Waals surface area (Å²) < 4.78 is 11.1. The molecule has 0 unspecified atom stereocenters. The third-order valence-corrected chi connectivity index (χ3v) is 5.39. The maximum absolute atomic E-state index is 13.6. The van der Waals surface area contributed by atoms with Gasteiger partial charge in [0.1, 0.15) is 11.4 Å². The Balaban J connectivity index is 1.69. The van der Waals surface area contributed by atoms with Gasteiger partial charge in [-0.3, -0.25) is 4.79 Å². The lowest BCUT2D eigenvalue weighted by molar-refractivity contribution is 0.0763. The number of amides is 1. The molecule has 1 aliphatic heterocycles. The first kappa shape index (κ1) is 17.7. The van der Waals surface area contributed by atoms with Crippen LogP contribution in [0.1, 0.15) is 36.0 Å². The van der Waals surface area contributed by atoms with Crippen LogP contribution in [-0.4, -0.2) is 34.0 Å². The average Bonchev–Trinajstić information content (AvgIpc) is 3.37. The second kappa shape index (κ2) is 7.54. The van der Waals surface area contributed by atoms with Crippen LogP contribution < -0.4 is 0 Å². The Labute approximate surface area is 168 Å². The van der Waals surface area contributed by atoms with Gasteiger partial charge in [-0.2, -0.15) is 0 Å². The van der Waals surface area contributed by atoms with Gasteiger partial charge < -0.3 is 13.8 Å². The smallest absolute Gasteiger partial charge is 0.259 e. The van der Waals surface area contributed by atoms with E-state index in [-0.39, 0.29) is 5.91 Å². The van der Waals surface area contributed by atoms with Crippen molar-refractivity contribution in [3.05, 3.63) is 60.4 Å². The molecule has 1 amide bonds. The van der Waals surface area contributed by atoms with E-state index >= 15 is 0 Å². The summed E-state index contributed by atoms with van der Waals surface area (Å²) in [7, 11) is 0. The van der Waals surface area contributed by atoms with Crippen LogP contribution in [0.25, 0.3) is 33.8 Å². The normalized spacial score (nSPS) is 14.8. The zero-order chi connectivity index (χ0) is 19.6. The quantitative estimate of drug-likeness (QED) is 0.485. The fourth-order valence-corrected chi connectivity index (χ4v) is 3.91. The van der Waals surface area contributed by atoms with Crippen LogP contribution in [0.5, 0.6) is 0 Å². The largest absolute Gasteiger partial charge is 0.463 e. The summed E-state index contributed by atoms with van der Waals surface area (Å²) >= 11 is 0. The molecule has 0 aliphatic carbocycles. The third kappa shape index (κ3) is 3.31. The standard InChI is InChI=1S/C23H21N3O3/c27-23(26-12-6-1-2-7-13-26)17-15-18(19-11-8-14-28-19)24-22-20(17)21(25-29-22)16-9-4-3-5-10-16/h3-5,8-11,14-15H,1-2,6-7,12-13H2. The van der Waals surface area contributed by atoms with Gasteiger partial charge in [-0.1, -0.05) is 48.3 Å². The Morgan fingerprint density at radius 2 is 1.76 bits per heavy atom. The van der Waals surface area contributed by atoms with E-state index in [4.69, 9.17) is 8.94 Å². The molecule has 1 saturated heterocycles. The monoisotopic (exact) mass is 387 g/mol. The fraction of sp³-hybridized carbons (Fsp3) is 0.261. The first-order chi connectivity index (χ1) is 14.3. The summed E-state index contributed by atoms with van der Waals surface area (Å²) in [5.74, 6) is 0.585. The lowest BCUT2D eigenvalue weighted by Crippen LogP contribution is -2.32. The first-order valence-corrected chi connectivity index (χ1v) is 10.0. The molecule has 0 spiro atoms. The Morgan fingerprint density at radius 3 is 2.48 bits per heavy atom. The van der Waals surface area contributed by atoms with Gasteiger partial charge in [0.15, 0.2) is 5.76 Å². The van der Waals surface area contributed by atoms with E-state index < -0.39 is 0 Å². The van der Waals surface area contributed by atoms with Crippen molar-refractivity contribution in [2.75, 3.05) is 13.1 Å². The number of fused-ring (bicyclic) bond motifs is 1. The van der Waals surface area contributed by atoms with E-state index in [0.717, 1.165) is 44.3 Å². The number of furan rings is 1. The van der Waals surface area contributed by atoms with Crippen molar-refractivity contribution in [3.8, 4) is 22.7 Å². The SMILES string of the molecule is O=C(c1cc(-c2ccco2)nc2onc(-c3ccccc3)c12)N1CCCCCC1. The fourth-order valence-electron chi connectivity index (χ4n) is 3.91. The molecule has 1 fully saturated rings. The van der Waals surface area contributed by atoms with Gasteiger partial charge in [-0.15, -0.1) is 0 Å². The molecular weight excluding hydrogens is 366 g/mol. The van der Waals surface area contributed by atoms with Crippen LogP contribution in [0.2, 0.25) is 0 Å². The van der Waals surface area contributed by atoms with Gasteiger partial charge in [-0.05, 0) is 31.0 Å². The summed E-state index contributed by atoms with van der Waals surface area (Å²) in [4.78, 5) is 20.1. The predicted molar refractivity (Wildman–Crippen MR) is 109 cm³/mol. The highest BCUT2D eigenvalue weighted by molar-refractivity contribution is 6.10. The second-order valence-corrected chi connectivity index (χ2v) is 7.32. The molecule has 0 saturated carbocycles. The van der Waals surface area contributed by atoms with Crippen LogP contribution in [0.4, 0.5) is 0 Å². The van der Waals surface area contributed by atoms with Crippen molar-refractivity contribution in [2.24, 2.45) is 0 Å². The van der Waals surface area contributed by atoms with E-state index in [1.54, 1.807) is 18.4 Å². The summed E-state index contributed by atoms with van der Waals surface area (Å²) in [5, 5.41) is 4.91. The molecular formula is C23H21N3O3. The van der Waals surface area contributed by atoms with Crippen LogP contribution in [0.15, 0.2) is 63.7 Å². The lowest BCUT2D eigenvalue weighted by atomic mass is 10.0. The van der Waals surface area contributed by atoms with Crippen molar-refractivity contribution in [1.29, 1.82) is 0 Å². The predicted octanol–water partition coefficient (Wildman–Crippen LogP) is 5.17. The van der Waals surface area contributed by atoms with Crippen LogP contribution in [-0.2, 0) is 0 Å². The molecule has 6 heteroatoms. The van der Waals surface area contributed by atoms with E-state index in [1.165, 1.54) is 0 Å². The molecule has 29 heavy (non-hydrogen) atoms. The third-order valence-electron chi connectivity index (χ3n) is 5.39. The second-order valence-electron chi connectivity index (χ2n) is 7.32. The first-order valence-electron chi connectivity index (χ1n) is 10.0. The van der Waals surface area contributed by atoms with Crippen molar-refractivity contribution in [2.45, 2.75) is 25.7 Å². The van der Waals surface area contributed by atoms with Crippen LogP contribution in [0.3, 0.4) is 0 Å². The molecule has 6 nitrogen and oxygen atoms in total. The van der Waals surface area contributed by atoms with Gasteiger partial charge in [0.2, 0.25) is 0 Å². The topological polar surface area (TPSA) is 72.4 Å². The Morgan fingerprint density at radius 1 is 0.966 bits per heavy atom. The van der Waals surface area contributed by atoms with Crippen molar-refractivity contribution < 1.29 is 13.7 Å². The van der Waals surface area contributed by atoms with Gasteiger partial charge in [-0.25, -0.2) is 4.98 Å². The highest BCUT2D eigenvalue weighted by Crippen LogP contribution is 2.33. The lowest BCUT2D eigenvalue weighted by Gasteiger charge is -2.21. The summed E-state index contributed by atoms with van der Waals surface area (Å²) in [6.45, 7) is 1.54. The molecule has 4 aromatic rings. The Bertz CT molecular complexity index is 1130. The maximum atomic E-state index is 13.6. The number of likely N-dealkylation sites (tertiary alicyclic amines) is 1.